The second-order valence-corrected chi connectivity index (χ2v) is 10.4. The van der Waals surface area contributed by atoms with Crippen molar-refractivity contribution >= 4 is 28.1 Å². The van der Waals surface area contributed by atoms with Crippen LogP contribution in [0.2, 0.25) is 0 Å². The van der Waals surface area contributed by atoms with Crippen molar-refractivity contribution < 1.29 is 34.8 Å². The van der Waals surface area contributed by atoms with Crippen LogP contribution in [0.4, 0.5) is 0 Å². The summed E-state index contributed by atoms with van der Waals surface area (Å²) < 4.78 is 0. The van der Waals surface area contributed by atoms with E-state index in [0.29, 0.717) is 27.6 Å². The summed E-state index contributed by atoms with van der Waals surface area (Å²) in [6.07, 6.45) is -0.161. The molecule has 37 heavy (non-hydrogen) atoms. The average molecular weight is 490 g/mol. The average Bonchev–Trinajstić information content (AvgIpc) is 3.21. The fourth-order valence-corrected chi connectivity index (χ4v) is 8.33. The summed E-state index contributed by atoms with van der Waals surface area (Å²) >= 11 is 0. The molecule has 2 spiro atoms. The van der Waals surface area contributed by atoms with Gasteiger partial charge >= 0.3 is 0 Å². The van der Waals surface area contributed by atoms with E-state index >= 15 is 0 Å². The highest BCUT2D eigenvalue weighted by molar-refractivity contribution is 6.28. The maximum absolute atomic E-state index is 14.7. The number of rotatable bonds is 0. The predicted octanol–water partition coefficient (Wildman–Crippen LogP) is 3.85. The van der Waals surface area contributed by atoms with Crippen LogP contribution in [0.1, 0.15) is 49.4 Å². The Hall–Kier alpha value is -4.65. The third kappa shape index (κ3) is 1.80. The zero-order valence-electron chi connectivity index (χ0n) is 19.1. The largest absolute Gasteiger partial charge is 0.507 e. The minimum absolute atomic E-state index is 0.0493. The number of phenols is 4. The second kappa shape index (κ2) is 6.00. The number of Topliss-reactive ketones (excluding diaryl/α,β-unsaturated/α-hetero) is 3. The molecule has 4 N–H and O–H groups in total. The van der Waals surface area contributed by atoms with Gasteiger partial charge in [0.25, 0.3) is 0 Å². The van der Waals surface area contributed by atoms with E-state index in [9.17, 15) is 34.8 Å². The van der Waals surface area contributed by atoms with Crippen LogP contribution < -0.4 is 0 Å². The molecular weight excluding hydrogens is 472 g/mol. The minimum Gasteiger partial charge on any atom is -0.507 e. The molecule has 1 fully saturated rings. The van der Waals surface area contributed by atoms with Crippen molar-refractivity contribution in [2.75, 3.05) is 0 Å². The molecule has 0 radical (unpaired) electrons. The van der Waals surface area contributed by atoms with Crippen LogP contribution in [0.15, 0.2) is 60.7 Å². The zero-order chi connectivity index (χ0) is 25.6. The first-order chi connectivity index (χ1) is 17.8. The van der Waals surface area contributed by atoms with Gasteiger partial charge in [0, 0.05) is 11.8 Å². The van der Waals surface area contributed by atoms with Gasteiger partial charge < -0.3 is 20.4 Å². The summed E-state index contributed by atoms with van der Waals surface area (Å²) in [5.41, 5.74) is -0.839. The molecule has 180 valence electrons. The topological polar surface area (TPSA) is 132 Å². The van der Waals surface area contributed by atoms with Crippen molar-refractivity contribution in [3.63, 3.8) is 0 Å². The fraction of sp³-hybridized carbons (Fsp3) is 0.167. The molecule has 2 bridgehead atoms. The Kier molecular flexibility index (Phi) is 3.33. The van der Waals surface area contributed by atoms with Crippen LogP contribution >= 0.6 is 0 Å². The Bertz CT molecular complexity index is 1830. The molecule has 0 heterocycles. The molecule has 7 heteroatoms. The Balaban J connectivity index is 1.71. The van der Waals surface area contributed by atoms with Gasteiger partial charge in [-0.1, -0.05) is 36.4 Å². The molecule has 4 aliphatic carbocycles. The van der Waals surface area contributed by atoms with Crippen molar-refractivity contribution in [1.82, 2.24) is 0 Å². The molecule has 7 nitrogen and oxygen atoms in total. The first-order valence-corrected chi connectivity index (χ1v) is 12.0. The Morgan fingerprint density at radius 1 is 0.622 bits per heavy atom. The van der Waals surface area contributed by atoms with E-state index in [1.54, 1.807) is 36.4 Å². The van der Waals surface area contributed by atoms with Gasteiger partial charge in [-0.15, -0.1) is 0 Å². The highest BCUT2D eigenvalue weighted by Crippen LogP contribution is 2.75. The van der Waals surface area contributed by atoms with Gasteiger partial charge in [-0.2, -0.15) is 0 Å². The van der Waals surface area contributed by atoms with Crippen molar-refractivity contribution in [2.24, 2.45) is 11.8 Å². The fourth-order valence-electron chi connectivity index (χ4n) is 8.33. The molecule has 0 unspecified atom stereocenters. The maximum atomic E-state index is 14.7. The first kappa shape index (κ1) is 20.5. The first-order valence-electron chi connectivity index (χ1n) is 12.0. The molecule has 8 rings (SSSR count). The lowest BCUT2D eigenvalue weighted by molar-refractivity contribution is -0.124. The lowest BCUT2D eigenvalue weighted by atomic mass is 9.51. The van der Waals surface area contributed by atoms with Gasteiger partial charge in [0.1, 0.15) is 23.0 Å². The van der Waals surface area contributed by atoms with Gasteiger partial charge in [0.05, 0.1) is 27.8 Å². The van der Waals surface area contributed by atoms with Crippen LogP contribution in [0.25, 0.3) is 10.8 Å². The SMILES string of the molecule is O=C1C[C@H]2[C@H]3C(=O)c4c(O)cccc4[C@@]4(C3=O)c3ccc(O)c5c(O)ccc(c35)[C@]24c2cccc(O)c21. The van der Waals surface area contributed by atoms with Crippen molar-refractivity contribution in [3.05, 3.63) is 94.0 Å². The lowest BCUT2D eigenvalue weighted by Gasteiger charge is -2.47. The molecule has 4 atom stereocenters. The number of hydrogen-bond donors (Lipinski definition) is 4. The van der Waals surface area contributed by atoms with E-state index < -0.39 is 28.4 Å². The quantitative estimate of drug-likeness (QED) is 0.275. The number of carbonyl (C=O) groups is 3. The van der Waals surface area contributed by atoms with Gasteiger partial charge in [0.2, 0.25) is 0 Å². The number of fused-ring (bicyclic) bond motifs is 4. The monoisotopic (exact) mass is 490 g/mol. The zero-order valence-corrected chi connectivity index (χ0v) is 19.1. The van der Waals surface area contributed by atoms with Crippen LogP contribution in [0.3, 0.4) is 0 Å². The van der Waals surface area contributed by atoms with Crippen LogP contribution in [-0.4, -0.2) is 37.8 Å². The van der Waals surface area contributed by atoms with Crippen molar-refractivity contribution in [2.45, 2.75) is 17.3 Å². The van der Waals surface area contributed by atoms with E-state index in [2.05, 4.69) is 0 Å². The summed E-state index contributed by atoms with van der Waals surface area (Å²) in [4.78, 5) is 42.1. The molecule has 4 aromatic rings. The highest BCUT2D eigenvalue weighted by Gasteiger charge is 2.80. The Labute approximate surface area is 209 Å². The summed E-state index contributed by atoms with van der Waals surface area (Å²) in [6.45, 7) is 0. The van der Waals surface area contributed by atoms with E-state index in [1.807, 2.05) is 0 Å². The standard InChI is InChI=1S/C30H18O7/c31-17-5-1-3-12-23(17)21(35)11-16-25-27(36)24-13(4-2-6-18(24)32)30(28(25)37)15-8-10-20(34)26-19(33)9-7-14(22(15)26)29(12,16)30/h1-10,16,25,31-34H,11H2/t16-,25-,29+,30-/m0/s1. The van der Waals surface area contributed by atoms with Crippen LogP contribution in [0.5, 0.6) is 23.0 Å². The molecular formula is C30H18O7. The second-order valence-electron chi connectivity index (χ2n) is 10.4. The lowest BCUT2D eigenvalue weighted by Crippen LogP contribution is -2.53. The molecule has 0 aromatic heterocycles. The van der Waals surface area contributed by atoms with Gasteiger partial charge in [-0.25, -0.2) is 0 Å². The number of carbonyl (C=O) groups excluding carboxylic acids is 3. The van der Waals surface area contributed by atoms with E-state index in [4.69, 9.17) is 0 Å². The normalized spacial score (nSPS) is 28.2. The number of phenolic OH excluding ortho intramolecular Hbond substituents is 4. The maximum Gasteiger partial charge on any atom is 0.177 e. The van der Waals surface area contributed by atoms with Gasteiger partial charge in [0.15, 0.2) is 17.3 Å². The molecule has 1 saturated carbocycles. The predicted molar refractivity (Wildman–Crippen MR) is 130 cm³/mol. The van der Waals surface area contributed by atoms with Crippen LogP contribution in [0, 0.1) is 11.8 Å². The molecule has 0 aliphatic heterocycles. The minimum atomic E-state index is -1.53. The molecule has 4 aromatic carbocycles. The highest BCUT2D eigenvalue weighted by atomic mass is 16.3. The number of ketones is 3. The van der Waals surface area contributed by atoms with Gasteiger partial charge in [-0.3, -0.25) is 14.4 Å². The van der Waals surface area contributed by atoms with E-state index in [1.165, 1.54) is 24.3 Å². The van der Waals surface area contributed by atoms with Gasteiger partial charge in [-0.05, 0) is 57.8 Å². The Morgan fingerprint density at radius 3 is 1.95 bits per heavy atom. The molecule has 0 saturated heterocycles. The van der Waals surface area contributed by atoms with Crippen LogP contribution in [-0.2, 0) is 15.6 Å². The summed E-state index contributed by atoms with van der Waals surface area (Å²) in [5.74, 6) is -4.06. The summed E-state index contributed by atoms with van der Waals surface area (Å²) in [5, 5.41) is 44.0. The van der Waals surface area contributed by atoms with Crippen molar-refractivity contribution in [1.29, 1.82) is 0 Å². The smallest absolute Gasteiger partial charge is 0.177 e. The van der Waals surface area contributed by atoms with E-state index in [-0.39, 0.29) is 57.5 Å². The van der Waals surface area contributed by atoms with E-state index in [0.717, 1.165) is 0 Å². The molecule has 0 amide bonds. The number of benzene rings is 4. The van der Waals surface area contributed by atoms with Crippen molar-refractivity contribution in [3.8, 4) is 23.0 Å². The third-order valence-electron chi connectivity index (χ3n) is 9.27. The molecule has 4 aliphatic rings. The summed E-state index contributed by atoms with van der Waals surface area (Å²) in [6, 6.07) is 15.6. The number of hydrogen-bond acceptors (Lipinski definition) is 7. The summed E-state index contributed by atoms with van der Waals surface area (Å²) in [7, 11) is 0. The third-order valence-corrected chi connectivity index (χ3v) is 9.27. The number of aromatic hydroxyl groups is 4. The Morgan fingerprint density at radius 2 is 1.24 bits per heavy atom.